The van der Waals surface area contributed by atoms with Gasteiger partial charge in [-0.2, -0.15) is 0 Å². The standard InChI is InChI=1S/C19H21FN2O2/c1-11-18(12(2)24-21-11)19(23)22-16-7-8-17(22)10-14(9-16)13-3-5-15(20)6-4-13/h3-6,14,16-17H,7-10H2,1-2H3/t14-,16+,17-. The summed E-state index contributed by atoms with van der Waals surface area (Å²) in [7, 11) is 0. The lowest BCUT2D eigenvalue weighted by molar-refractivity contribution is 0.0569. The normalized spacial score (nSPS) is 26.0. The van der Waals surface area contributed by atoms with E-state index in [1.807, 2.05) is 24.0 Å². The zero-order valence-corrected chi connectivity index (χ0v) is 14.0. The fourth-order valence-electron chi connectivity index (χ4n) is 4.43. The highest BCUT2D eigenvalue weighted by molar-refractivity contribution is 5.96. The minimum Gasteiger partial charge on any atom is -0.361 e. The third-order valence-corrected chi connectivity index (χ3v) is 5.56. The van der Waals surface area contributed by atoms with Crippen LogP contribution in [0.4, 0.5) is 4.39 Å². The summed E-state index contributed by atoms with van der Waals surface area (Å²) in [5.74, 6) is 0.846. The molecule has 2 saturated heterocycles. The van der Waals surface area contributed by atoms with Crippen LogP contribution in [-0.2, 0) is 0 Å². The maximum absolute atomic E-state index is 13.2. The first-order chi connectivity index (χ1) is 11.5. The van der Waals surface area contributed by atoms with Gasteiger partial charge in [0.05, 0.1) is 5.69 Å². The second kappa shape index (κ2) is 5.72. The van der Waals surface area contributed by atoms with Crippen LogP contribution in [0.3, 0.4) is 0 Å². The van der Waals surface area contributed by atoms with Gasteiger partial charge in [-0.25, -0.2) is 4.39 Å². The van der Waals surface area contributed by atoms with Crippen molar-refractivity contribution in [1.29, 1.82) is 0 Å². The van der Waals surface area contributed by atoms with Gasteiger partial charge in [0.15, 0.2) is 0 Å². The quantitative estimate of drug-likeness (QED) is 0.837. The second-order valence-electron chi connectivity index (χ2n) is 7.02. The van der Waals surface area contributed by atoms with Gasteiger partial charge in [-0.1, -0.05) is 17.3 Å². The average molecular weight is 328 g/mol. The van der Waals surface area contributed by atoms with Crippen LogP contribution in [0.2, 0.25) is 0 Å². The van der Waals surface area contributed by atoms with E-state index in [0.717, 1.165) is 25.7 Å². The molecule has 5 heteroatoms. The third-order valence-electron chi connectivity index (χ3n) is 5.56. The van der Waals surface area contributed by atoms with Gasteiger partial charge in [0.1, 0.15) is 17.1 Å². The fraction of sp³-hybridized carbons (Fsp3) is 0.474. The Labute approximate surface area is 140 Å². The number of fused-ring (bicyclic) bond motifs is 2. The molecule has 3 heterocycles. The molecule has 2 aliphatic heterocycles. The topological polar surface area (TPSA) is 46.3 Å². The zero-order valence-electron chi connectivity index (χ0n) is 14.0. The average Bonchev–Trinajstić information content (AvgIpc) is 3.03. The Morgan fingerprint density at radius 3 is 2.33 bits per heavy atom. The summed E-state index contributed by atoms with van der Waals surface area (Å²) < 4.78 is 18.3. The molecule has 4 nitrogen and oxygen atoms in total. The summed E-state index contributed by atoms with van der Waals surface area (Å²) in [5.41, 5.74) is 2.46. The maximum atomic E-state index is 13.2. The fourth-order valence-corrected chi connectivity index (χ4v) is 4.43. The van der Waals surface area contributed by atoms with Gasteiger partial charge in [-0.3, -0.25) is 4.79 Å². The molecule has 0 radical (unpaired) electrons. The molecule has 24 heavy (non-hydrogen) atoms. The van der Waals surface area contributed by atoms with E-state index in [9.17, 15) is 9.18 Å². The molecule has 2 aromatic rings. The van der Waals surface area contributed by atoms with Crippen molar-refractivity contribution < 1.29 is 13.7 Å². The largest absolute Gasteiger partial charge is 0.361 e. The summed E-state index contributed by atoms with van der Waals surface area (Å²) in [6.45, 7) is 3.61. The van der Waals surface area contributed by atoms with Crippen LogP contribution in [0, 0.1) is 19.7 Å². The zero-order chi connectivity index (χ0) is 16.8. The number of hydrogen-bond acceptors (Lipinski definition) is 3. The number of carbonyl (C=O) groups excluding carboxylic acids is 1. The van der Waals surface area contributed by atoms with Crippen molar-refractivity contribution in [2.24, 2.45) is 0 Å². The van der Waals surface area contributed by atoms with Gasteiger partial charge in [0.2, 0.25) is 0 Å². The first-order valence-electron chi connectivity index (χ1n) is 8.55. The molecular weight excluding hydrogens is 307 g/mol. The number of halogens is 1. The highest BCUT2D eigenvalue weighted by Crippen LogP contribution is 2.44. The molecule has 1 aromatic heterocycles. The molecule has 1 aromatic carbocycles. The highest BCUT2D eigenvalue weighted by atomic mass is 19.1. The monoisotopic (exact) mass is 328 g/mol. The molecule has 2 fully saturated rings. The number of benzene rings is 1. The van der Waals surface area contributed by atoms with E-state index in [2.05, 4.69) is 5.16 Å². The van der Waals surface area contributed by atoms with E-state index in [1.165, 1.54) is 17.7 Å². The van der Waals surface area contributed by atoms with Crippen LogP contribution >= 0.6 is 0 Å². The van der Waals surface area contributed by atoms with Gasteiger partial charge < -0.3 is 9.42 Å². The minimum absolute atomic E-state index is 0.0521. The summed E-state index contributed by atoms with van der Waals surface area (Å²) in [6, 6.07) is 7.31. The molecule has 3 atom stereocenters. The van der Waals surface area contributed by atoms with Gasteiger partial charge in [-0.15, -0.1) is 0 Å². The molecule has 2 bridgehead atoms. The Hall–Kier alpha value is -2.17. The molecular formula is C19H21FN2O2. The predicted molar refractivity (Wildman–Crippen MR) is 87.3 cm³/mol. The van der Waals surface area contributed by atoms with Crippen molar-refractivity contribution >= 4 is 5.91 Å². The van der Waals surface area contributed by atoms with Crippen LogP contribution in [0.1, 0.15) is 59.0 Å². The lowest BCUT2D eigenvalue weighted by Gasteiger charge is -2.39. The smallest absolute Gasteiger partial charge is 0.259 e. The highest BCUT2D eigenvalue weighted by Gasteiger charge is 2.44. The molecule has 4 rings (SSSR count). The van der Waals surface area contributed by atoms with Crippen LogP contribution in [0.5, 0.6) is 0 Å². The summed E-state index contributed by atoms with van der Waals surface area (Å²) >= 11 is 0. The van der Waals surface area contributed by atoms with Crippen molar-refractivity contribution in [1.82, 2.24) is 10.1 Å². The lowest BCUT2D eigenvalue weighted by Crippen LogP contribution is -2.46. The van der Waals surface area contributed by atoms with Gasteiger partial charge >= 0.3 is 0 Å². The molecule has 0 spiro atoms. The number of aromatic nitrogens is 1. The molecule has 0 unspecified atom stereocenters. The van der Waals surface area contributed by atoms with Crippen molar-refractivity contribution in [3.05, 3.63) is 52.7 Å². The summed E-state index contributed by atoms with van der Waals surface area (Å²) in [6.07, 6.45) is 3.96. The van der Waals surface area contributed by atoms with Crippen LogP contribution in [-0.4, -0.2) is 28.0 Å². The first kappa shape index (κ1) is 15.4. The van der Waals surface area contributed by atoms with Crippen molar-refractivity contribution in [3.63, 3.8) is 0 Å². The number of rotatable bonds is 2. The van der Waals surface area contributed by atoms with Gasteiger partial charge in [0.25, 0.3) is 5.91 Å². The molecule has 0 aliphatic carbocycles. The molecule has 126 valence electrons. The lowest BCUT2D eigenvalue weighted by atomic mass is 9.84. The van der Waals surface area contributed by atoms with E-state index >= 15 is 0 Å². The third kappa shape index (κ3) is 2.43. The van der Waals surface area contributed by atoms with Crippen LogP contribution < -0.4 is 0 Å². The van der Waals surface area contributed by atoms with Crippen LogP contribution in [0.25, 0.3) is 0 Å². The maximum Gasteiger partial charge on any atom is 0.259 e. The van der Waals surface area contributed by atoms with Gasteiger partial charge in [0, 0.05) is 12.1 Å². The van der Waals surface area contributed by atoms with E-state index in [0.29, 0.717) is 22.9 Å². The Morgan fingerprint density at radius 1 is 1.17 bits per heavy atom. The van der Waals surface area contributed by atoms with Gasteiger partial charge in [-0.05, 0) is 63.1 Å². The predicted octanol–water partition coefficient (Wildman–Crippen LogP) is 3.98. The van der Waals surface area contributed by atoms with Crippen LogP contribution in [0.15, 0.2) is 28.8 Å². The van der Waals surface area contributed by atoms with Crippen molar-refractivity contribution in [2.75, 3.05) is 0 Å². The molecule has 0 saturated carbocycles. The Morgan fingerprint density at radius 2 is 1.79 bits per heavy atom. The number of aryl methyl sites for hydroxylation is 2. The Kier molecular flexibility index (Phi) is 3.66. The number of carbonyl (C=O) groups is 1. The number of nitrogens with zero attached hydrogens (tertiary/aromatic N) is 2. The van der Waals surface area contributed by atoms with E-state index in [4.69, 9.17) is 4.52 Å². The molecule has 2 aliphatic rings. The van der Waals surface area contributed by atoms with E-state index < -0.39 is 0 Å². The van der Waals surface area contributed by atoms with E-state index in [1.54, 1.807) is 6.92 Å². The first-order valence-corrected chi connectivity index (χ1v) is 8.55. The summed E-state index contributed by atoms with van der Waals surface area (Å²) in [5, 5.41) is 3.92. The van der Waals surface area contributed by atoms with Crippen molar-refractivity contribution in [3.8, 4) is 0 Å². The number of amides is 1. The molecule has 1 amide bonds. The Balaban J connectivity index is 1.57. The van der Waals surface area contributed by atoms with Crippen molar-refractivity contribution in [2.45, 2.75) is 57.5 Å². The number of piperidine rings is 1. The SMILES string of the molecule is Cc1noc(C)c1C(=O)N1[C@@H]2CC[C@H]1C[C@@H](c1ccc(F)cc1)C2. The molecule has 0 N–H and O–H groups in total. The second-order valence-corrected chi connectivity index (χ2v) is 7.02. The minimum atomic E-state index is -0.201. The number of hydrogen-bond donors (Lipinski definition) is 0. The Bertz CT molecular complexity index is 735. The van der Waals surface area contributed by atoms with E-state index in [-0.39, 0.29) is 23.8 Å². The summed E-state index contributed by atoms with van der Waals surface area (Å²) in [4.78, 5) is 15.1.